The van der Waals surface area contributed by atoms with Gasteiger partial charge in [0.1, 0.15) is 0 Å². The van der Waals surface area contributed by atoms with Crippen LogP contribution in [0.4, 0.5) is 17.1 Å². The number of nitrogens with one attached hydrogen (secondary N) is 1. The molecule has 0 aliphatic carbocycles. The topological polar surface area (TPSA) is 75.4 Å². The molecular weight excluding hydrogens is 290 g/mol. The van der Waals surface area contributed by atoms with Crippen LogP contribution in [0.1, 0.15) is 0 Å². The third kappa shape index (κ3) is 3.52. The van der Waals surface area contributed by atoms with Crippen molar-refractivity contribution in [2.75, 3.05) is 23.0 Å². The monoisotopic (exact) mass is 303 g/mol. The summed E-state index contributed by atoms with van der Waals surface area (Å²) in [7, 11) is 1.53. The highest BCUT2D eigenvalue weighted by atomic mass is 35.5. The summed E-state index contributed by atoms with van der Waals surface area (Å²) in [6.45, 7) is 0. The van der Waals surface area contributed by atoms with Crippen molar-refractivity contribution in [2.45, 2.75) is 0 Å². The molecular formula is C15H14ClN3O2. The van der Waals surface area contributed by atoms with E-state index in [-0.39, 0.29) is 0 Å². The SMILES string of the molecule is CN(C(=O)C(=O)Nc1ccc(N)c(Cl)c1)c1ccccc1. The Balaban J connectivity index is 2.09. The van der Waals surface area contributed by atoms with E-state index in [4.69, 9.17) is 17.3 Å². The molecule has 0 aromatic heterocycles. The highest BCUT2D eigenvalue weighted by Crippen LogP contribution is 2.22. The molecule has 2 aromatic carbocycles. The van der Waals surface area contributed by atoms with Gasteiger partial charge in [-0.2, -0.15) is 0 Å². The van der Waals surface area contributed by atoms with Crippen LogP contribution < -0.4 is 16.0 Å². The number of nitrogens with zero attached hydrogens (tertiary/aromatic N) is 1. The lowest BCUT2D eigenvalue weighted by atomic mass is 10.2. The van der Waals surface area contributed by atoms with Crippen molar-refractivity contribution in [3.05, 3.63) is 53.6 Å². The van der Waals surface area contributed by atoms with E-state index < -0.39 is 11.8 Å². The van der Waals surface area contributed by atoms with Crippen molar-refractivity contribution in [3.63, 3.8) is 0 Å². The smallest absolute Gasteiger partial charge is 0.316 e. The van der Waals surface area contributed by atoms with Crippen molar-refractivity contribution in [1.82, 2.24) is 0 Å². The van der Waals surface area contributed by atoms with Crippen molar-refractivity contribution >= 4 is 40.5 Å². The quantitative estimate of drug-likeness (QED) is 0.661. The average molecular weight is 304 g/mol. The van der Waals surface area contributed by atoms with Crippen LogP contribution in [0.2, 0.25) is 5.02 Å². The average Bonchev–Trinajstić information content (AvgIpc) is 2.50. The Morgan fingerprint density at radius 2 is 1.81 bits per heavy atom. The Morgan fingerprint density at radius 3 is 2.43 bits per heavy atom. The fraction of sp³-hybridized carbons (Fsp3) is 0.0667. The second-order valence-corrected chi connectivity index (χ2v) is 4.80. The van der Waals surface area contributed by atoms with E-state index in [0.29, 0.717) is 22.1 Å². The maximum atomic E-state index is 12.1. The number of hydrogen-bond acceptors (Lipinski definition) is 3. The van der Waals surface area contributed by atoms with Gasteiger partial charge in [0, 0.05) is 18.4 Å². The summed E-state index contributed by atoms with van der Waals surface area (Å²) in [5.41, 5.74) is 7.03. The molecule has 2 amide bonds. The first-order valence-corrected chi connectivity index (χ1v) is 6.56. The molecule has 0 saturated heterocycles. The predicted octanol–water partition coefficient (Wildman–Crippen LogP) is 2.52. The standard InChI is InChI=1S/C15H14ClN3O2/c1-19(11-5-3-2-4-6-11)15(21)14(20)18-10-7-8-13(17)12(16)9-10/h2-9H,17H2,1H3,(H,18,20). The van der Waals surface area contributed by atoms with Gasteiger partial charge >= 0.3 is 11.8 Å². The molecule has 0 unspecified atom stereocenters. The minimum atomic E-state index is -0.748. The van der Waals surface area contributed by atoms with Crippen LogP contribution in [0.3, 0.4) is 0 Å². The Hall–Kier alpha value is -2.53. The Labute approximate surface area is 127 Å². The lowest BCUT2D eigenvalue weighted by molar-refractivity contribution is -0.134. The number of nitrogens with two attached hydrogens (primary N) is 1. The van der Waals surface area contributed by atoms with Crippen molar-refractivity contribution in [2.24, 2.45) is 0 Å². The zero-order valence-corrected chi connectivity index (χ0v) is 12.1. The summed E-state index contributed by atoms with van der Waals surface area (Å²) in [5, 5.41) is 2.81. The van der Waals surface area contributed by atoms with Crippen LogP contribution in [0.25, 0.3) is 0 Å². The van der Waals surface area contributed by atoms with Crippen LogP contribution in [0, 0.1) is 0 Å². The molecule has 0 saturated carbocycles. The van der Waals surface area contributed by atoms with Crippen LogP contribution in [-0.2, 0) is 9.59 Å². The number of nitrogen functional groups attached to an aromatic ring is 1. The zero-order valence-electron chi connectivity index (χ0n) is 11.3. The maximum absolute atomic E-state index is 12.1. The van der Waals surface area contributed by atoms with Crippen molar-refractivity contribution < 1.29 is 9.59 Å². The molecule has 2 aromatic rings. The lowest BCUT2D eigenvalue weighted by Gasteiger charge is -2.16. The van der Waals surface area contributed by atoms with Crippen LogP contribution in [-0.4, -0.2) is 18.9 Å². The summed E-state index contributed by atoms with van der Waals surface area (Å²) in [4.78, 5) is 25.3. The second-order valence-electron chi connectivity index (χ2n) is 4.39. The van der Waals surface area contributed by atoms with Gasteiger partial charge in [-0.05, 0) is 30.3 Å². The molecule has 0 aliphatic rings. The van der Waals surface area contributed by atoms with Crippen molar-refractivity contribution in [3.8, 4) is 0 Å². The Kier molecular flexibility index (Phi) is 4.45. The first-order valence-electron chi connectivity index (χ1n) is 6.18. The van der Waals surface area contributed by atoms with Gasteiger partial charge < -0.3 is 16.0 Å². The molecule has 0 spiro atoms. The molecule has 0 atom stereocenters. The Morgan fingerprint density at radius 1 is 1.14 bits per heavy atom. The first-order chi connectivity index (χ1) is 9.99. The highest BCUT2D eigenvalue weighted by molar-refractivity contribution is 6.44. The van der Waals surface area contributed by atoms with E-state index in [1.165, 1.54) is 18.0 Å². The number of amides is 2. The van der Waals surface area contributed by atoms with Crippen LogP contribution in [0.5, 0.6) is 0 Å². The molecule has 0 fully saturated rings. The predicted molar refractivity (Wildman–Crippen MR) is 84.3 cm³/mol. The van der Waals surface area contributed by atoms with E-state index in [0.717, 1.165) is 0 Å². The summed E-state index contributed by atoms with van der Waals surface area (Å²) in [6, 6.07) is 13.5. The fourth-order valence-electron chi connectivity index (χ4n) is 1.71. The van der Waals surface area contributed by atoms with E-state index >= 15 is 0 Å². The van der Waals surface area contributed by atoms with Gasteiger partial charge in [0.15, 0.2) is 0 Å². The molecule has 0 bridgehead atoms. The largest absolute Gasteiger partial charge is 0.398 e. The number of halogens is 1. The van der Waals surface area contributed by atoms with Gasteiger partial charge in [-0.1, -0.05) is 29.8 Å². The summed E-state index contributed by atoms with van der Waals surface area (Å²) < 4.78 is 0. The number of hydrogen-bond donors (Lipinski definition) is 2. The van der Waals surface area contributed by atoms with E-state index in [1.807, 2.05) is 6.07 Å². The fourth-order valence-corrected chi connectivity index (χ4v) is 1.89. The third-order valence-electron chi connectivity index (χ3n) is 2.90. The third-order valence-corrected chi connectivity index (χ3v) is 3.23. The number of rotatable bonds is 2. The van der Waals surface area contributed by atoms with Gasteiger partial charge in [0.2, 0.25) is 0 Å². The number of carbonyl (C=O) groups excluding carboxylic acids is 2. The summed E-state index contributed by atoms with van der Waals surface area (Å²) >= 11 is 5.86. The van der Waals surface area contributed by atoms with Crippen LogP contribution >= 0.6 is 11.6 Å². The molecule has 5 nitrogen and oxygen atoms in total. The molecule has 0 radical (unpaired) electrons. The summed E-state index contributed by atoms with van der Waals surface area (Å²) in [6.07, 6.45) is 0. The molecule has 0 heterocycles. The number of carbonyl (C=O) groups is 2. The zero-order chi connectivity index (χ0) is 15.4. The maximum Gasteiger partial charge on any atom is 0.316 e. The molecule has 0 aliphatic heterocycles. The van der Waals surface area contributed by atoms with E-state index in [9.17, 15) is 9.59 Å². The van der Waals surface area contributed by atoms with E-state index in [2.05, 4.69) is 5.32 Å². The highest BCUT2D eigenvalue weighted by Gasteiger charge is 2.20. The normalized spacial score (nSPS) is 10.0. The van der Waals surface area contributed by atoms with E-state index in [1.54, 1.807) is 36.4 Å². The van der Waals surface area contributed by atoms with Gasteiger partial charge in [-0.25, -0.2) is 0 Å². The van der Waals surface area contributed by atoms with Gasteiger partial charge in [0.25, 0.3) is 0 Å². The summed E-state index contributed by atoms with van der Waals surface area (Å²) in [5.74, 6) is -1.42. The number of likely N-dealkylation sites (N-methyl/N-ethyl adjacent to an activating group) is 1. The van der Waals surface area contributed by atoms with Gasteiger partial charge in [0.05, 0.1) is 10.7 Å². The Bertz CT molecular complexity index is 674. The minimum Gasteiger partial charge on any atom is -0.398 e. The molecule has 6 heteroatoms. The molecule has 21 heavy (non-hydrogen) atoms. The van der Waals surface area contributed by atoms with Gasteiger partial charge in [-0.15, -0.1) is 0 Å². The number of anilines is 3. The minimum absolute atomic E-state index is 0.316. The van der Waals surface area contributed by atoms with Gasteiger partial charge in [-0.3, -0.25) is 9.59 Å². The first kappa shape index (κ1) is 14.9. The molecule has 108 valence electrons. The molecule has 3 N–H and O–H groups in total. The molecule has 2 rings (SSSR count). The number of para-hydroxylation sites is 1. The van der Waals surface area contributed by atoms with Crippen LogP contribution in [0.15, 0.2) is 48.5 Å². The lowest BCUT2D eigenvalue weighted by Crippen LogP contribution is -2.37. The number of benzene rings is 2. The van der Waals surface area contributed by atoms with Crippen molar-refractivity contribution in [1.29, 1.82) is 0 Å². The second kappa shape index (κ2) is 6.28.